The molecule has 0 spiro atoms. The highest BCUT2D eigenvalue weighted by molar-refractivity contribution is 7.91. The molecule has 0 atom stereocenters. The summed E-state index contributed by atoms with van der Waals surface area (Å²) in [6.45, 7) is 5.39. The summed E-state index contributed by atoms with van der Waals surface area (Å²) in [5, 5.41) is 9.70. The fraction of sp³-hybridized carbons (Fsp3) is 0.636. The van der Waals surface area contributed by atoms with E-state index in [9.17, 15) is 18.0 Å². The van der Waals surface area contributed by atoms with Gasteiger partial charge in [0.2, 0.25) is 21.3 Å². The van der Waals surface area contributed by atoms with Gasteiger partial charge in [0.1, 0.15) is 0 Å². The van der Waals surface area contributed by atoms with Crippen molar-refractivity contribution in [2.45, 2.75) is 31.2 Å². The number of nitrogens with one attached hydrogen (secondary N) is 1. The molecule has 2 rings (SSSR count). The van der Waals surface area contributed by atoms with Gasteiger partial charge in [-0.25, -0.2) is 8.42 Å². The maximum absolute atomic E-state index is 12.5. The molecule has 0 saturated carbocycles. The number of sulfonamides is 1. The molecule has 122 valence electrons. The second-order valence-corrected chi connectivity index (χ2v) is 8.16. The van der Waals surface area contributed by atoms with Crippen molar-refractivity contribution in [2.24, 2.45) is 0 Å². The Morgan fingerprint density at radius 3 is 2.55 bits per heavy atom. The molecule has 1 N–H and O–H groups in total. The average molecular weight is 347 g/mol. The lowest BCUT2D eigenvalue weighted by Crippen LogP contribution is -2.54. The Hall–Kier alpha value is -1.59. The second-order valence-electron chi connectivity index (χ2n) is 5.07. The van der Waals surface area contributed by atoms with Crippen LogP contribution in [0.25, 0.3) is 0 Å². The van der Waals surface area contributed by atoms with Crippen LogP contribution in [0, 0.1) is 0 Å². The highest BCUT2D eigenvalue weighted by atomic mass is 32.2. The fourth-order valence-electron chi connectivity index (χ4n) is 2.04. The number of nitrogens with zero attached hydrogens (tertiary/aromatic N) is 4. The van der Waals surface area contributed by atoms with Gasteiger partial charge in [-0.3, -0.25) is 9.59 Å². The van der Waals surface area contributed by atoms with Crippen LogP contribution in [0.1, 0.15) is 20.8 Å². The SMILES string of the molecule is CC(=O)Nc1nnc(S(=O)(=O)N2CCN(C(C)C)C(=O)C2)s1. The number of hydrogen-bond donors (Lipinski definition) is 1. The standard InChI is InChI=1S/C11H17N5O4S2/c1-7(2)16-5-4-15(6-9(16)18)22(19,20)11-14-13-10(21-11)12-8(3)17/h7H,4-6H2,1-3H3,(H,12,13,17). The van der Waals surface area contributed by atoms with Crippen molar-refractivity contribution in [3.05, 3.63) is 0 Å². The molecule has 1 aliphatic heterocycles. The first-order chi connectivity index (χ1) is 10.2. The van der Waals surface area contributed by atoms with E-state index in [0.29, 0.717) is 6.54 Å². The lowest BCUT2D eigenvalue weighted by molar-refractivity contribution is -0.135. The van der Waals surface area contributed by atoms with Gasteiger partial charge in [0.25, 0.3) is 10.0 Å². The number of piperazine rings is 1. The van der Waals surface area contributed by atoms with Crippen LogP contribution in [0.3, 0.4) is 0 Å². The molecule has 0 aromatic carbocycles. The van der Waals surface area contributed by atoms with E-state index in [-0.39, 0.29) is 40.4 Å². The van der Waals surface area contributed by atoms with E-state index in [4.69, 9.17) is 0 Å². The summed E-state index contributed by atoms with van der Waals surface area (Å²) in [6.07, 6.45) is 0. The van der Waals surface area contributed by atoms with Gasteiger partial charge in [-0.15, -0.1) is 10.2 Å². The van der Waals surface area contributed by atoms with Gasteiger partial charge in [0, 0.05) is 26.1 Å². The summed E-state index contributed by atoms with van der Waals surface area (Å²) in [5.74, 6) is -0.600. The van der Waals surface area contributed by atoms with Crippen molar-refractivity contribution >= 4 is 38.3 Å². The number of aromatic nitrogens is 2. The first kappa shape index (κ1) is 16.8. The smallest absolute Gasteiger partial charge is 0.272 e. The van der Waals surface area contributed by atoms with Gasteiger partial charge in [-0.1, -0.05) is 11.3 Å². The van der Waals surface area contributed by atoms with Gasteiger partial charge >= 0.3 is 0 Å². The molecule has 22 heavy (non-hydrogen) atoms. The molecule has 2 heterocycles. The Morgan fingerprint density at radius 2 is 2.00 bits per heavy atom. The fourth-order valence-corrected chi connectivity index (χ4v) is 4.51. The van der Waals surface area contributed by atoms with Crippen LogP contribution < -0.4 is 5.32 Å². The molecule has 1 aromatic rings. The van der Waals surface area contributed by atoms with Gasteiger partial charge in [-0.05, 0) is 13.8 Å². The Morgan fingerprint density at radius 1 is 1.32 bits per heavy atom. The minimum atomic E-state index is -3.88. The molecular formula is C11H17N5O4S2. The van der Waals surface area contributed by atoms with Crippen LogP contribution in [0.5, 0.6) is 0 Å². The summed E-state index contributed by atoms with van der Waals surface area (Å²) in [6, 6.07) is 0.0326. The number of amides is 2. The molecule has 0 bridgehead atoms. The van der Waals surface area contributed by atoms with Crippen molar-refractivity contribution in [2.75, 3.05) is 25.0 Å². The molecule has 0 radical (unpaired) electrons. The van der Waals surface area contributed by atoms with Crippen LogP contribution in [0.15, 0.2) is 4.34 Å². The van der Waals surface area contributed by atoms with Crippen LogP contribution in [0.2, 0.25) is 0 Å². The first-order valence-corrected chi connectivity index (χ1v) is 8.88. The molecule has 1 fully saturated rings. The minimum absolute atomic E-state index is 0.0326. The van der Waals surface area contributed by atoms with Gasteiger partial charge in [0.05, 0.1) is 6.54 Å². The molecule has 0 unspecified atom stereocenters. The van der Waals surface area contributed by atoms with Crippen molar-refractivity contribution in [1.29, 1.82) is 0 Å². The Labute approximate surface area is 132 Å². The third-order valence-corrected chi connectivity index (χ3v) is 6.13. The highest BCUT2D eigenvalue weighted by Gasteiger charge is 2.35. The van der Waals surface area contributed by atoms with E-state index in [0.717, 1.165) is 15.6 Å². The van der Waals surface area contributed by atoms with E-state index in [1.165, 1.54) is 6.92 Å². The van der Waals surface area contributed by atoms with E-state index in [1.807, 2.05) is 13.8 Å². The molecule has 2 amide bonds. The van der Waals surface area contributed by atoms with Gasteiger partial charge in [-0.2, -0.15) is 4.31 Å². The minimum Gasteiger partial charge on any atom is -0.338 e. The zero-order chi connectivity index (χ0) is 16.5. The highest BCUT2D eigenvalue weighted by Crippen LogP contribution is 2.24. The largest absolute Gasteiger partial charge is 0.338 e. The lowest BCUT2D eigenvalue weighted by atomic mass is 10.2. The monoisotopic (exact) mass is 347 g/mol. The number of hydrogen-bond acceptors (Lipinski definition) is 7. The molecule has 0 aliphatic carbocycles. The lowest BCUT2D eigenvalue weighted by Gasteiger charge is -2.35. The predicted octanol–water partition coefficient (Wildman–Crippen LogP) is -0.262. The molecule has 1 aromatic heterocycles. The van der Waals surface area contributed by atoms with E-state index in [2.05, 4.69) is 15.5 Å². The van der Waals surface area contributed by atoms with Gasteiger partial charge < -0.3 is 10.2 Å². The average Bonchev–Trinajstić information content (AvgIpc) is 2.86. The van der Waals surface area contributed by atoms with Crippen molar-refractivity contribution in [3.63, 3.8) is 0 Å². The van der Waals surface area contributed by atoms with Crippen molar-refractivity contribution < 1.29 is 18.0 Å². The Bertz CT molecular complexity index is 684. The van der Waals surface area contributed by atoms with Crippen LogP contribution in [-0.4, -0.2) is 65.3 Å². The normalized spacial score (nSPS) is 17.1. The topological polar surface area (TPSA) is 113 Å². The molecule has 1 aliphatic rings. The summed E-state index contributed by atoms with van der Waals surface area (Å²) in [4.78, 5) is 24.6. The number of carbonyl (C=O) groups excluding carboxylic acids is 2. The molecule has 11 heteroatoms. The third-order valence-electron chi connectivity index (χ3n) is 3.10. The predicted molar refractivity (Wildman–Crippen MR) is 79.8 cm³/mol. The zero-order valence-electron chi connectivity index (χ0n) is 12.4. The van der Waals surface area contributed by atoms with E-state index in [1.54, 1.807) is 4.90 Å². The summed E-state index contributed by atoms with van der Waals surface area (Å²) >= 11 is 0.761. The Balaban J connectivity index is 2.16. The Kier molecular flexibility index (Phi) is 4.78. The van der Waals surface area contributed by atoms with Crippen LogP contribution >= 0.6 is 11.3 Å². The van der Waals surface area contributed by atoms with Crippen molar-refractivity contribution in [3.8, 4) is 0 Å². The van der Waals surface area contributed by atoms with Crippen molar-refractivity contribution in [1.82, 2.24) is 19.4 Å². The summed E-state index contributed by atoms with van der Waals surface area (Å²) < 4.78 is 25.8. The number of carbonyl (C=O) groups is 2. The third kappa shape index (κ3) is 3.42. The molecular weight excluding hydrogens is 330 g/mol. The van der Waals surface area contributed by atoms with Crippen LogP contribution in [-0.2, 0) is 19.6 Å². The molecule has 1 saturated heterocycles. The van der Waals surface area contributed by atoms with E-state index >= 15 is 0 Å². The summed E-state index contributed by atoms with van der Waals surface area (Å²) in [5.41, 5.74) is 0. The number of rotatable bonds is 4. The summed E-state index contributed by atoms with van der Waals surface area (Å²) in [7, 11) is -3.88. The molecule has 9 nitrogen and oxygen atoms in total. The quantitative estimate of drug-likeness (QED) is 0.751. The zero-order valence-corrected chi connectivity index (χ0v) is 14.1. The maximum atomic E-state index is 12.5. The maximum Gasteiger partial charge on any atom is 0.272 e. The van der Waals surface area contributed by atoms with Gasteiger partial charge in [0.15, 0.2) is 0 Å². The van der Waals surface area contributed by atoms with Crippen LogP contribution in [0.4, 0.5) is 5.13 Å². The first-order valence-electron chi connectivity index (χ1n) is 6.62. The van der Waals surface area contributed by atoms with E-state index < -0.39 is 10.0 Å². The number of anilines is 1. The second kappa shape index (κ2) is 6.26.